The van der Waals surface area contributed by atoms with Crippen molar-refractivity contribution in [3.05, 3.63) is 59.7 Å². The van der Waals surface area contributed by atoms with E-state index in [4.69, 9.17) is 9.47 Å². The Bertz CT molecular complexity index is 789. The zero-order valence-electron chi connectivity index (χ0n) is 17.6. The summed E-state index contributed by atoms with van der Waals surface area (Å²) in [6, 6.07) is 15.8. The predicted molar refractivity (Wildman–Crippen MR) is 114 cm³/mol. The van der Waals surface area contributed by atoms with Crippen LogP contribution < -0.4 is 14.8 Å². The Morgan fingerprint density at radius 2 is 1.76 bits per heavy atom. The van der Waals surface area contributed by atoms with E-state index in [1.165, 1.54) is 0 Å². The molecule has 6 heteroatoms. The molecule has 0 aliphatic carbocycles. The van der Waals surface area contributed by atoms with Gasteiger partial charge < -0.3 is 14.8 Å². The standard InChI is InChI=1S/C23H31N3O3/c1-18(23(27)24-16-19-7-5-4-6-8-19)26-13-11-25(12-14-26)17-20-15-21(28-2)9-10-22(20)29-3/h4-10,15,18H,11-14,16-17H2,1-3H3,(H,24,27). The zero-order chi connectivity index (χ0) is 20.6. The fraction of sp³-hybridized carbons (Fsp3) is 0.435. The molecule has 2 aromatic carbocycles. The molecule has 0 saturated carbocycles. The molecule has 0 bridgehead atoms. The molecule has 156 valence electrons. The Kier molecular flexibility index (Phi) is 7.49. The van der Waals surface area contributed by atoms with E-state index in [1.54, 1.807) is 14.2 Å². The number of carbonyl (C=O) groups is 1. The first-order valence-corrected chi connectivity index (χ1v) is 10.1. The molecule has 1 N–H and O–H groups in total. The summed E-state index contributed by atoms with van der Waals surface area (Å²) in [5, 5.41) is 3.05. The van der Waals surface area contributed by atoms with Gasteiger partial charge in [0.1, 0.15) is 11.5 Å². The summed E-state index contributed by atoms with van der Waals surface area (Å²) in [6.45, 7) is 6.93. The van der Waals surface area contributed by atoms with Crippen LogP contribution in [0.4, 0.5) is 0 Å². The summed E-state index contributed by atoms with van der Waals surface area (Å²) in [7, 11) is 3.37. The molecule has 1 fully saturated rings. The molecule has 1 saturated heterocycles. The number of hydrogen-bond donors (Lipinski definition) is 1. The SMILES string of the molecule is COc1ccc(OC)c(CN2CCN(C(C)C(=O)NCc3ccccc3)CC2)c1. The summed E-state index contributed by atoms with van der Waals surface area (Å²) in [5.41, 5.74) is 2.24. The summed E-state index contributed by atoms with van der Waals surface area (Å²) in [5.74, 6) is 1.79. The van der Waals surface area contributed by atoms with Gasteiger partial charge >= 0.3 is 0 Å². The first kappa shape index (κ1) is 21.1. The van der Waals surface area contributed by atoms with Gasteiger partial charge in [0, 0.05) is 44.8 Å². The molecule has 0 radical (unpaired) electrons. The molecular formula is C23H31N3O3. The Balaban J connectivity index is 1.49. The maximum atomic E-state index is 12.5. The van der Waals surface area contributed by atoms with E-state index in [0.29, 0.717) is 6.54 Å². The lowest BCUT2D eigenvalue weighted by Gasteiger charge is -2.37. The first-order chi connectivity index (χ1) is 14.1. The molecule has 0 spiro atoms. The molecule has 1 amide bonds. The Morgan fingerprint density at radius 1 is 1.03 bits per heavy atom. The van der Waals surface area contributed by atoms with Crippen LogP contribution in [0.5, 0.6) is 11.5 Å². The number of benzene rings is 2. The summed E-state index contributed by atoms with van der Waals surface area (Å²) in [6.07, 6.45) is 0. The van der Waals surface area contributed by atoms with E-state index in [0.717, 1.165) is 55.3 Å². The normalized spacial score (nSPS) is 16.2. The van der Waals surface area contributed by atoms with Crippen LogP contribution in [-0.4, -0.2) is 62.1 Å². The van der Waals surface area contributed by atoms with Gasteiger partial charge in [-0.1, -0.05) is 30.3 Å². The van der Waals surface area contributed by atoms with Gasteiger partial charge in [0.25, 0.3) is 0 Å². The van der Waals surface area contributed by atoms with Gasteiger partial charge in [-0.3, -0.25) is 14.6 Å². The Morgan fingerprint density at radius 3 is 2.41 bits per heavy atom. The fourth-order valence-corrected chi connectivity index (χ4v) is 3.65. The average molecular weight is 398 g/mol. The van der Waals surface area contributed by atoms with E-state index < -0.39 is 0 Å². The number of nitrogens with zero attached hydrogens (tertiary/aromatic N) is 2. The Labute approximate surface area is 173 Å². The second-order valence-corrected chi connectivity index (χ2v) is 7.37. The molecule has 2 aromatic rings. The smallest absolute Gasteiger partial charge is 0.237 e. The van der Waals surface area contributed by atoms with E-state index in [2.05, 4.69) is 15.1 Å². The molecule has 1 heterocycles. The minimum absolute atomic E-state index is 0.0803. The summed E-state index contributed by atoms with van der Waals surface area (Å²) < 4.78 is 10.8. The van der Waals surface area contributed by atoms with E-state index in [1.807, 2.05) is 55.5 Å². The second-order valence-electron chi connectivity index (χ2n) is 7.37. The highest BCUT2D eigenvalue weighted by molar-refractivity contribution is 5.81. The van der Waals surface area contributed by atoms with Gasteiger partial charge in [0.15, 0.2) is 0 Å². The van der Waals surface area contributed by atoms with Crippen molar-refractivity contribution < 1.29 is 14.3 Å². The number of piperazine rings is 1. The number of hydrogen-bond acceptors (Lipinski definition) is 5. The van der Waals surface area contributed by atoms with Gasteiger partial charge in [0.2, 0.25) is 5.91 Å². The van der Waals surface area contributed by atoms with Crippen molar-refractivity contribution in [1.82, 2.24) is 15.1 Å². The van der Waals surface area contributed by atoms with Gasteiger partial charge in [-0.05, 0) is 30.7 Å². The van der Waals surface area contributed by atoms with Crippen LogP contribution in [0.2, 0.25) is 0 Å². The number of rotatable bonds is 8. The minimum Gasteiger partial charge on any atom is -0.497 e. The fourth-order valence-electron chi connectivity index (χ4n) is 3.65. The van der Waals surface area contributed by atoms with Crippen LogP contribution in [0.15, 0.2) is 48.5 Å². The molecule has 1 atom stereocenters. The topological polar surface area (TPSA) is 54.0 Å². The third kappa shape index (κ3) is 5.71. The van der Waals surface area contributed by atoms with Crippen LogP contribution >= 0.6 is 0 Å². The number of ether oxygens (including phenoxy) is 2. The van der Waals surface area contributed by atoms with Crippen molar-refractivity contribution in [1.29, 1.82) is 0 Å². The van der Waals surface area contributed by atoms with E-state index in [9.17, 15) is 4.79 Å². The molecule has 6 nitrogen and oxygen atoms in total. The highest BCUT2D eigenvalue weighted by Gasteiger charge is 2.25. The van der Waals surface area contributed by atoms with Gasteiger partial charge in [0.05, 0.1) is 20.3 Å². The van der Waals surface area contributed by atoms with Crippen LogP contribution in [0, 0.1) is 0 Å². The Hall–Kier alpha value is -2.57. The number of carbonyl (C=O) groups excluding carboxylic acids is 1. The maximum Gasteiger partial charge on any atom is 0.237 e. The van der Waals surface area contributed by atoms with Crippen LogP contribution in [0.1, 0.15) is 18.1 Å². The van der Waals surface area contributed by atoms with Gasteiger partial charge in [-0.2, -0.15) is 0 Å². The number of nitrogens with one attached hydrogen (secondary N) is 1. The lowest BCUT2D eigenvalue weighted by molar-refractivity contribution is -0.126. The lowest BCUT2D eigenvalue weighted by Crippen LogP contribution is -2.53. The van der Waals surface area contributed by atoms with Crippen molar-refractivity contribution in [2.45, 2.75) is 26.1 Å². The van der Waals surface area contributed by atoms with Crippen molar-refractivity contribution >= 4 is 5.91 Å². The largest absolute Gasteiger partial charge is 0.497 e. The molecule has 0 aromatic heterocycles. The highest BCUT2D eigenvalue weighted by Crippen LogP contribution is 2.25. The van der Waals surface area contributed by atoms with Crippen molar-refractivity contribution in [3.8, 4) is 11.5 Å². The zero-order valence-corrected chi connectivity index (χ0v) is 17.6. The van der Waals surface area contributed by atoms with Crippen molar-refractivity contribution in [2.24, 2.45) is 0 Å². The van der Waals surface area contributed by atoms with Gasteiger partial charge in [-0.25, -0.2) is 0 Å². The molecule has 1 unspecified atom stereocenters. The molecular weight excluding hydrogens is 366 g/mol. The minimum atomic E-state index is -0.132. The van der Waals surface area contributed by atoms with Gasteiger partial charge in [-0.15, -0.1) is 0 Å². The molecule has 3 rings (SSSR count). The number of amides is 1. The third-order valence-corrected chi connectivity index (χ3v) is 5.53. The van der Waals surface area contributed by atoms with E-state index in [-0.39, 0.29) is 11.9 Å². The van der Waals surface area contributed by atoms with E-state index >= 15 is 0 Å². The second kappa shape index (κ2) is 10.3. The first-order valence-electron chi connectivity index (χ1n) is 10.1. The summed E-state index contributed by atoms with van der Waals surface area (Å²) in [4.78, 5) is 17.2. The van der Waals surface area contributed by atoms with Crippen molar-refractivity contribution in [2.75, 3.05) is 40.4 Å². The monoisotopic (exact) mass is 397 g/mol. The quantitative estimate of drug-likeness (QED) is 0.742. The van der Waals surface area contributed by atoms with Crippen LogP contribution in [0.25, 0.3) is 0 Å². The van der Waals surface area contributed by atoms with Crippen LogP contribution in [-0.2, 0) is 17.9 Å². The maximum absolute atomic E-state index is 12.5. The lowest BCUT2D eigenvalue weighted by atomic mass is 10.1. The van der Waals surface area contributed by atoms with Crippen molar-refractivity contribution in [3.63, 3.8) is 0 Å². The number of methoxy groups -OCH3 is 2. The molecule has 29 heavy (non-hydrogen) atoms. The third-order valence-electron chi connectivity index (χ3n) is 5.53. The predicted octanol–water partition coefficient (Wildman–Crippen LogP) is 2.53. The van der Waals surface area contributed by atoms with Crippen LogP contribution in [0.3, 0.4) is 0 Å². The molecule has 1 aliphatic heterocycles. The average Bonchev–Trinajstić information content (AvgIpc) is 2.78. The highest BCUT2D eigenvalue weighted by atomic mass is 16.5. The molecule has 1 aliphatic rings. The summed E-state index contributed by atoms with van der Waals surface area (Å²) >= 11 is 0.